The number of nitrogens with zero attached hydrogens (tertiary/aromatic N) is 2. The van der Waals surface area contributed by atoms with E-state index in [9.17, 15) is 0 Å². The van der Waals surface area contributed by atoms with Crippen LogP contribution < -0.4 is 4.90 Å². The van der Waals surface area contributed by atoms with Gasteiger partial charge < -0.3 is 9.64 Å². The molecule has 0 N–H and O–H groups in total. The van der Waals surface area contributed by atoms with Gasteiger partial charge in [0.25, 0.3) is 0 Å². The predicted molar refractivity (Wildman–Crippen MR) is 64.8 cm³/mol. The molecule has 0 aromatic carbocycles. The molecule has 0 atom stereocenters. The molecule has 1 rings (SSSR count). The molecule has 1 heterocycles. The molecular formula is C9H12Br2N2O. The van der Waals surface area contributed by atoms with Crippen LogP contribution in [0.25, 0.3) is 0 Å². The molecule has 14 heavy (non-hydrogen) atoms. The molecule has 0 fully saturated rings. The number of anilines is 1. The summed E-state index contributed by atoms with van der Waals surface area (Å²) in [5, 5.41) is 0. The highest BCUT2D eigenvalue weighted by molar-refractivity contribution is 9.11. The van der Waals surface area contributed by atoms with Crippen molar-refractivity contribution in [1.82, 2.24) is 4.98 Å². The smallest absolute Gasteiger partial charge is 0.142 e. The third-order valence-corrected chi connectivity index (χ3v) is 2.80. The summed E-state index contributed by atoms with van der Waals surface area (Å²) < 4.78 is 6.95. The lowest BCUT2D eigenvalue weighted by Crippen LogP contribution is -2.23. The molecule has 0 amide bonds. The predicted octanol–water partition coefficient (Wildman–Crippen LogP) is 2.69. The summed E-state index contributed by atoms with van der Waals surface area (Å²) in [4.78, 5) is 6.35. The largest absolute Gasteiger partial charge is 0.383 e. The lowest BCUT2D eigenvalue weighted by molar-refractivity contribution is 0.206. The number of methoxy groups -OCH3 is 1. The van der Waals surface area contributed by atoms with Crippen LogP contribution in [0.15, 0.2) is 21.2 Å². The van der Waals surface area contributed by atoms with Crippen molar-refractivity contribution >= 4 is 37.7 Å². The topological polar surface area (TPSA) is 25.4 Å². The first-order valence-corrected chi connectivity index (χ1v) is 5.75. The van der Waals surface area contributed by atoms with Crippen molar-refractivity contribution in [2.75, 3.05) is 32.2 Å². The summed E-state index contributed by atoms with van der Waals surface area (Å²) in [6.07, 6.45) is 1.78. The van der Waals surface area contributed by atoms with Gasteiger partial charge in [-0.3, -0.25) is 0 Å². The van der Waals surface area contributed by atoms with Crippen LogP contribution in [0.1, 0.15) is 0 Å². The molecule has 0 radical (unpaired) electrons. The highest BCUT2D eigenvalue weighted by Crippen LogP contribution is 2.25. The van der Waals surface area contributed by atoms with Gasteiger partial charge in [0.1, 0.15) is 5.82 Å². The Bertz CT molecular complexity index is 307. The van der Waals surface area contributed by atoms with Gasteiger partial charge in [-0.05, 0) is 37.9 Å². The molecule has 5 heteroatoms. The fourth-order valence-electron chi connectivity index (χ4n) is 1.02. The van der Waals surface area contributed by atoms with Crippen LogP contribution in [0, 0.1) is 0 Å². The van der Waals surface area contributed by atoms with Crippen LogP contribution in [0.2, 0.25) is 0 Å². The Kier molecular flexibility index (Phi) is 4.84. The number of likely N-dealkylation sites (N-methyl/N-ethyl adjacent to an activating group) is 1. The van der Waals surface area contributed by atoms with Crippen LogP contribution in [-0.4, -0.2) is 32.3 Å². The second-order valence-electron chi connectivity index (χ2n) is 2.87. The summed E-state index contributed by atoms with van der Waals surface area (Å²) in [6, 6.07) is 1.98. The highest BCUT2D eigenvalue weighted by Gasteiger charge is 2.06. The number of halogens is 2. The minimum Gasteiger partial charge on any atom is -0.383 e. The summed E-state index contributed by atoms with van der Waals surface area (Å²) in [7, 11) is 3.68. The maximum absolute atomic E-state index is 5.00. The minimum atomic E-state index is 0.695. The van der Waals surface area contributed by atoms with E-state index < -0.39 is 0 Å². The average molecular weight is 324 g/mol. The first-order chi connectivity index (χ1) is 6.65. The second kappa shape index (κ2) is 5.68. The molecule has 0 unspecified atom stereocenters. The van der Waals surface area contributed by atoms with Crippen molar-refractivity contribution in [1.29, 1.82) is 0 Å². The monoisotopic (exact) mass is 322 g/mol. The van der Waals surface area contributed by atoms with E-state index in [1.807, 2.05) is 18.0 Å². The van der Waals surface area contributed by atoms with Gasteiger partial charge in [-0.1, -0.05) is 0 Å². The van der Waals surface area contributed by atoms with E-state index in [4.69, 9.17) is 4.74 Å². The van der Waals surface area contributed by atoms with Crippen LogP contribution in [0.4, 0.5) is 5.82 Å². The van der Waals surface area contributed by atoms with Gasteiger partial charge in [0.2, 0.25) is 0 Å². The Morgan fingerprint density at radius 3 is 2.79 bits per heavy atom. The van der Waals surface area contributed by atoms with Gasteiger partial charge in [0, 0.05) is 31.4 Å². The molecule has 0 aliphatic carbocycles. The normalized spacial score (nSPS) is 10.3. The molecular weight excluding hydrogens is 312 g/mol. The number of hydrogen-bond acceptors (Lipinski definition) is 3. The molecule has 1 aromatic heterocycles. The van der Waals surface area contributed by atoms with E-state index in [1.165, 1.54) is 0 Å². The number of aromatic nitrogens is 1. The fourth-order valence-corrected chi connectivity index (χ4v) is 2.31. The quantitative estimate of drug-likeness (QED) is 0.852. The maximum atomic E-state index is 5.00. The van der Waals surface area contributed by atoms with Crippen LogP contribution in [0.3, 0.4) is 0 Å². The second-order valence-corrected chi connectivity index (χ2v) is 4.64. The minimum absolute atomic E-state index is 0.695. The zero-order valence-corrected chi connectivity index (χ0v) is 11.3. The molecule has 1 aromatic rings. The molecule has 0 saturated heterocycles. The van der Waals surface area contributed by atoms with Gasteiger partial charge in [-0.2, -0.15) is 0 Å². The van der Waals surface area contributed by atoms with Crippen LogP contribution in [-0.2, 0) is 4.74 Å². The molecule has 0 saturated carbocycles. The van der Waals surface area contributed by atoms with Crippen molar-refractivity contribution in [3.8, 4) is 0 Å². The Balaban J connectivity index is 2.74. The molecule has 78 valence electrons. The van der Waals surface area contributed by atoms with Crippen molar-refractivity contribution in [2.24, 2.45) is 0 Å². The molecule has 0 aliphatic heterocycles. The lowest BCUT2D eigenvalue weighted by atomic mass is 10.4. The van der Waals surface area contributed by atoms with Crippen LogP contribution in [0.5, 0.6) is 0 Å². The third-order valence-electron chi connectivity index (χ3n) is 1.78. The van der Waals surface area contributed by atoms with E-state index in [2.05, 4.69) is 36.8 Å². The SMILES string of the molecule is COCCN(C)c1ncc(Br)cc1Br. The first-order valence-electron chi connectivity index (χ1n) is 4.16. The van der Waals surface area contributed by atoms with Gasteiger partial charge in [-0.25, -0.2) is 4.98 Å². The third kappa shape index (κ3) is 3.22. The average Bonchev–Trinajstić information content (AvgIpc) is 2.14. The number of pyridine rings is 1. The van der Waals surface area contributed by atoms with E-state index in [-0.39, 0.29) is 0 Å². The highest BCUT2D eigenvalue weighted by atomic mass is 79.9. The number of hydrogen-bond donors (Lipinski definition) is 0. The van der Waals surface area contributed by atoms with Gasteiger partial charge in [0.15, 0.2) is 0 Å². The Labute approximate surface area is 101 Å². The van der Waals surface area contributed by atoms with E-state index in [1.54, 1.807) is 13.3 Å². The van der Waals surface area contributed by atoms with E-state index in [0.717, 1.165) is 21.3 Å². The molecule has 0 aliphatic rings. The Morgan fingerprint density at radius 1 is 1.50 bits per heavy atom. The zero-order valence-electron chi connectivity index (χ0n) is 8.13. The Morgan fingerprint density at radius 2 is 2.21 bits per heavy atom. The maximum Gasteiger partial charge on any atom is 0.142 e. The summed E-state index contributed by atoms with van der Waals surface area (Å²) in [5.41, 5.74) is 0. The van der Waals surface area contributed by atoms with Crippen molar-refractivity contribution in [2.45, 2.75) is 0 Å². The standard InChI is InChI=1S/C9H12Br2N2O/c1-13(3-4-14-2)9-8(11)5-7(10)6-12-9/h5-6H,3-4H2,1-2H3. The first kappa shape index (κ1) is 11.9. The lowest BCUT2D eigenvalue weighted by Gasteiger charge is -2.18. The number of ether oxygens (including phenoxy) is 1. The van der Waals surface area contributed by atoms with Gasteiger partial charge >= 0.3 is 0 Å². The van der Waals surface area contributed by atoms with E-state index in [0.29, 0.717) is 6.61 Å². The summed E-state index contributed by atoms with van der Waals surface area (Å²) in [6.45, 7) is 1.52. The zero-order chi connectivity index (χ0) is 10.6. The van der Waals surface area contributed by atoms with Gasteiger partial charge in [0.05, 0.1) is 11.1 Å². The van der Waals surface area contributed by atoms with Crippen LogP contribution >= 0.6 is 31.9 Å². The Hall–Kier alpha value is -0.130. The summed E-state index contributed by atoms with van der Waals surface area (Å²) in [5.74, 6) is 0.922. The van der Waals surface area contributed by atoms with Gasteiger partial charge in [-0.15, -0.1) is 0 Å². The molecule has 0 bridgehead atoms. The number of rotatable bonds is 4. The van der Waals surface area contributed by atoms with Crippen molar-refractivity contribution < 1.29 is 4.74 Å². The summed E-state index contributed by atoms with van der Waals surface area (Å²) >= 11 is 6.83. The van der Waals surface area contributed by atoms with Crippen molar-refractivity contribution in [3.63, 3.8) is 0 Å². The van der Waals surface area contributed by atoms with Crippen molar-refractivity contribution in [3.05, 3.63) is 21.2 Å². The molecule has 3 nitrogen and oxygen atoms in total. The fraction of sp³-hybridized carbons (Fsp3) is 0.444. The molecule has 0 spiro atoms. The van der Waals surface area contributed by atoms with E-state index >= 15 is 0 Å².